The van der Waals surface area contributed by atoms with Crippen molar-refractivity contribution in [1.82, 2.24) is 4.57 Å². The SMILES string of the molecule is C=CCOc1ccc([C@@H]2C(C(=O)OCC)=C(C)N=c3s/c(=C\c4ccc(-c5ccc(Cl)cc5)o4)c(=O)n32)cc1. The van der Waals surface area contributed by atoms with E-state index < -0.39 is 12.0 Å². The van der Waals surface area contributed by atoms with Gasteiger partial charge < -0.3 is 13.9 Å². The van der Waals surface area contributed by atoms with Crippen molar-refractivity contribution < 1.29 is 18.7 Å². The first-order chi connectivity index (χ1) is 18.9. The average molecular weight is 561 g/mol. The molecule has 0 spiro atoms. The molecule has 0 fully saturated rings. The first-order valence-electron chi connectivity index (χ1n) is 12.3. The summed E-state index contributed by atoms with van der Waals surface area (Å²) in [5.41, 5.74) is 2.14. The van der Waals surface area contributed by atoms with Crippen molar-refractivity contribution in [3.63, 3.8) is 0 Å². The Bertz CT molecular complexity index is 1740. The Morgan fingerprint density at radius 1 is 1.15 bits per heavy atom. The molecule has 0 saturated heterocycles. The maximum atomic E-state index is 13.8. The van der Waals surface area contributed by atoms with Gasteiger partial charge in [0, 0.05) is 16.7 Å². The van der Waals surface area contributed by atoms with Crippen LogP contribution >= 0.6 is 22.9 Å². The molecule has 0 amide bonds. The lowest BCUT2D eigenvalue weighted by Crippen LogP contribution is -2.39. The molecule has 0 radical (unpaired) electrons. The molecular weight excluding hydrogens is 536 g/mol. The van der Waals surface area contributed by atoms with E-state index in [2.05, 4.69) is 11.6 Å². The predicted octanol–water partition coefficient (Wildman–Crippen LogP) is 5.28. The zero-order chi connectivity index (χ0) is 27.5. The Kier molecular flexibility index (Phi) is 7.67. The topological polar surface area (TPSA) is 83.0 Å². The summed E-state index contributed by atoms with van der Waals surface area (Å²) in [5.74, 6) is 1.32. The lowest BCUT2D eigenvalue weighted by molar-refractivity contribution is -0.139. The first kappa shape index (κ1) is 26.5. The first-order valence-corrected chi connectivity index (χ1v) is 13.5. The van der Waals surface area contributed by atoms with Crippen molar-refractivity contribution in [3.05, 3.63) is 121 Å². The van der Waals surface area contributed by atoms with Gasteiger partial charge in [-0.05, 0) is 67.9 Å². The number of ether oxygens (including phenoxy) is 2. The van der Waals surface area contributed by atoms with Crippen molar-refractivity contribution in [3.8, 4) is 17.1 Å². The van der Waals surface area contributed by atoms with Crippen LogP contribution in [0.15, 0.2) is 98.8 Å². The van der Waals surface area contributed by atoms with Gasteiger partial charge >= 0.3 is 5.97 Å². The normalized spacial score (nSPS) is 15.1. The molecule has 7 nitrogen and oxygen atoms in total. The summed E-state index contributed by atoms with van der Waals surface area (Å²) < 4.78 is 18.9. The van der Waals surface area contributed by atoms with Gasteiger partial charge in [0.2, 0.25) is 0 Å². The van der Waals surface area contributed by atoms with Crippen molar-refractivity contribution >= 4 is 35.0 Å². The lowest BCUT2D eigenvalue weighted by atomic mass is 9.96. The number of carbonyl (C=O) groups is 1. The van der Waals surface area contributed by atoms with E-state index >= 15 is 0 Å². The number of esters is 1. The number of halogens is 1. The number of hydrogen-bond donors (Lipinski definition) is 0. The van der Waals surface area contributed by atoms with Crippen molar-refractivity contribution in [2.75, 3.05) is 13.2 Å². The van der Waals surface area contributed by atoms with Gasteiger partial charge in [0.25, 0.3) is 5.56 Å². The molecule has 0 saturated carbocycles. The summed E-state index contributed by atoms with van der Waals surface area (Å²) >= 11 is 7.23. The maximum Gasteiger partial charge on any atom is 0.338 e. The van der Waals surface area contributed by atoms with Gasteiger partial charge in [-0.3, -0.25) is 9.36 Å². The smallest absolute Gasteiger partial charge is 0.338 e. The highest BCUT2D eigenvalue weighted by Crippen LogP contribution is 2.32. The van der Waals surface area contributed by atoms with Crippen LogP contribution in [0.3, 0.4) is 0 Å². The van der Waals surface area contributed by atoms with Crippen molar-refractivity contribution in [2.24, 2.45) is 4.99 Å². The fourth-order valence-corrected chi connectivity index (χ4v) is 5.49. The number of allylic oxidation sites excluding steroid dienone is 1. The van der Waals surface area contributed by atoms with Gasteiger partial charge in [-0.2, -0.15) is 0 Å². The number of furan rings is 1. The minimum atomic E-state index is -0.711. The van der Waals surface area contributed by atoms with Crippen LogP contribution in [0.1, 0.15) is 31.2 Å². The zero-order valence-corrected chi connectivity index (χ0v) is 22.9. The molecular formula is C30H25ClN2O5S. The largest absolute Gasteiger partial charge is 0.490 e. The summed E-state index contributed by atoms with van der Waals surface area (Å²) in [5, 5.41) is 0.637. The lowest BCUT2D eigenvalue weighted by Gasteiger charge is -2.24. The second-order valence-corrected chi connectivity index (χ2v) is 10.1. The van der Waals surface area contributed by atoms with E-state index in [1.54, 1.807) is 60.9 Å². The molecule has 0 aliphatic carbocycles. The van der Waals surface area contributed by atoms with Crippen molar-refractivity contribution in [2.45, 2.75) is 19.9 Å². The second-order valence-electron chi connectivity index (χ2n) is 8.68. The predicted molar refractivity (Wildman–Crippen MR) is 152 cm³/mol. The number of hydrogen-bond acceptors (Lipinski definition) is 7. The van der Waals surface area contributed by atoms with Crippen LogP contribution in [0.25, 0.3) is 17.4 Å². The number of thiazole rings is 1. The molecule has 0 bridgehead atoms. The molecule has 9 heteroatoms. The molecule has 0 unspecified atom stereocenters. The molecule has 1 aliphatic heterocycles. The highest BCUT2D eigenvalue weighted by molar-refractivity contribution is 7.07. The van der Waals surface area contributed by atoms with Gasteiger partial charge in [-0.15, -0.1) is 0 Å². The molecule has 39 heavy (non-hydrogen) atoms. The fraction of sp³-hybridized carbons (Fsp3) is 0.167. The van der Waals surface area contributed by atoms with Gasteiger partial charge in [0.15, 0.2) is 4.80 Å². The number of benzene rings is 2. The highest BCUT2D eigenvalue weighted by atomic mass is 35.5. The van der Waals surface area contributed by atoms with Crippen molar-refractivity contribution in [1.29, 1.82) is 0 Å². The van der Waals surface area contributed by atoms with Crippen LogP contribution in [0, 0.1) is 0 Å². The minimum absolute atomic E-state index is 0.204. The van der Waals surface area contributed by atoms with E-state index in [-0.39, 0.29) is 12.2 Å². The molecule has 0 N–H and O–H groups in total. The van der Waals surface area contributed by atoms with E-state index in [9.17, 15) is 9.59 Å². The Morgan fingerprint density at radius 3 is 2.59 bits per heavy atom. The van der Waals surface area contributed by atoms with Crippen LogP contribution in [-0.2, 0) is 9.53 Å². The molecule has 4 aromatic rings. The van der Waals surface area contributed by atoms with Gasteiger partial charge in [-0.1, -0.05) is 47.7 Å². The van der Waals surface area contributed by atoms with Gasteiger partial charge in [-0.25, -0.2) is 9.79 Å². The Hall–Kier alpha value is -4.14. The number of fused-ring (bicyclic) bond motifs is 1. The Balaban J connectivity index is 1.59. The molecule has 5 rings (SSSR count). The number of nitrogens with zero attached hydrogens (tertiary/aromatic N) is 2. The summed E-state index contributed by atoms with van der Waals surface area (Å²) in [7, 11) is 0. The number of rotatable bonds is 8. The van der Waals surface area contributed by atoms with E-state index in [0.29, 0.717) is 49.5 Å². The third-order valence-electron chi connectivity index (χ3n) is 6.11. The maximum absolute atomic E-state index is 13.8. The highest BCUT2D eigenvalue weighted by Gasteiger charge is 2.33. The molecule has 198 valence electrons. The Labute approximate surface area is 233 Å². The third-order valence-corrected chi connectivity index (χ3v) is 7.34. The molecule has 2 aromatic carbocycles. The van der Waals surface area contributed by atoms with Crippen LogP contribution in [0.2, 0.25) is 5.02 Å². The standard InChI is InChI=1S/C30H25ClN2O5S/c1-4-16-37-22-12-8-20(9-13-22)27-26(29(35)36-5-2)18(3)32-30-33(27)28(34)25(39-30)17-23-14-15-24(38-23)19-6-10-21(31)11-7-19/h4,6-15,17,27H,1,5,16H2,2-3H3/b25-17-/t27-/m1/s1. The molecule has 3 heterocycles. The fourth-order valence-electron chi connectivity index (χ4n) is 4.34. The van der Waals surface area contributed by atoms with Gasteiger partial charge in [0.1, 0.15) is 23.9 Å². The van der Waals surface area contributed by atoms with E-state index in [0.717, 1.165) is 11.1 Å². The van der Waals surface area contributed by atoms with Crippen LogP contribution in [-0.4, -0.2) is 23.8 Å². The third kappa shape index (κ3) is 5.39. The summed E-state index contributed by atoms with van der Waals surface area (Å²) in [6.45, 7) is 7.73. The summed E-state index contributed by atoms with van der Waals surface area (Å²) in [6, 6.07) is 17.5. The van der Waals surface area contributed by atoms with Crippen LogP contribution in [0.5, 0.6) is 5.75 Å². The van der Waals surface area contributed by atoms with E-state index in [4.69, 9.17) is 25.5 Å². The number of carbonyl (C=O) groups excluding carboxylic acids is 1. The van der Waals surface area contributed by atoms with Crippen LogP contribution < -0.4 is 19.6 Å². The second kappa shape index (κ2) is 11.3. The Morgan fingerprint density at radius 2 is 1.90 bits per heavy atom. The molecule has 1 aliphatic rings. The molecule has 2 aromatic heterocycles. The van der Waals surface area contributed by atoms with E-state index in [1.807, 2.05) is 30.3 Å². The summed E-state index contributed by atoms with van der Waals surface area (Å²) in [6.07, 6.45) is 3.35. The molecule has 1 atom stereocenters. The van der Waals surface area contributed by atoms with Crippen LogP contribution in [0.4, 0.5) is 0 Å². The monoisotopic (exact) mass is 560 g/mol. The zero-order valence-electron chi connectivity index (χ0n) is 21.3. The minimum Gasteiger partial charge on any atom is -0.490 e. The quantitative estimate of drug-likeness (QED) is 0.216. The number of aromatic nitrogens is 1. The van der Waals surface area contributed by atoms with Gasteiger partial charge in [0.05, 0.1) is 28.5 Å². The average Bonchev–Trinajstić information content (AvgIpc) is 3.52. The van der Waals surface area contributed by atoms with E-state index in [1.165, 1.54) is 11.3 Å². The summed E-state index contributed by atoms with van der Waals surface area (Å²) in [4.78, 5) is 31.9.